The third-order valence-corrected chi connectivity index (χ3v) is 1.59. The van der Waals surface area contributed by atoms with Crippen molar-refractivity contribution in [2.45, 2.75) is 25.6 Å². The Morgan fingerprint density at radius 2 is 2.33 bits per heavy atom. The summed E-state index contributed by atoms with van der Waals surface area (Å²) in [6.45, 7) is 1.86. The summed E-state index contributed by atoms with van der Waals surface area (Å²) in [7, 11) is 0. The van der Waals surface area contributed by atoms with Crippen LogP contribution in [0.4, 0.5) is 9.59 Å². The summed E-state index contributed by atoms with van der Waals surface area (Å²) in [5.74, 6) is 0. The zero-order chi connectivity index (χ0) is 9.14. The van der Waals surface area contributed by atoms with Crippen LogP contribution < -0.4 is 21.7 Å². The molecule has 6 heteroatoms. The number of amides is 4. The first kappa shape index (κ1) is 8.63. The molecule has 4 amide bonds. The quantitative estimate of drug-likeness (QED) is 0.411. The number of carbonyl (C=O) groups is 2. The molecule has 1 saturated heterocycles. The van der Waals surface area contributed by atoms with E-state index in [9.17, 15) is 9.59 Å². The number of nitrogens with one attached hydrogen (secondary N) is 3. The number of hydrogen-bond acceptors (Lipinski definition) is 2. The van der Waals surface area contributed by atoms with Crippen LogP contribution in [0, 0.1) is 0 Å². The van der Waals surface area contributed by atoms with Gasteiger partial charge in [-0.25, -0.2) is 9.59 Å². The molecule has 1 fully saturated rings. The Hall–Kier alpha value is -1.46. The van der Waals surface area contributed by atoms with Crippen molar-refractivity contribution >= 4 is 12.1 Å². The van der Waals surface area contributed by atoms with Crippen LogP contribution >= 0.6 is 0 Å². The lowest BCUT2D eigenvalue weighted by Crippen LogP contribution is -2.60. The van der Waals surface area contributed by atoms with Crippen LogP contribution in [0.1, 0.15) is 13.3 Å². The standard InChI is InChI=1S/C6H12N4O2/c1-3-2-4(9-5(7)11)10-6(12)8-3/h3-4H,2H2,1H3,(H3,7,9,11)(H2,8,10,12). The lowest BCUT2D eigenvalue weighted by molar-refractivity contribution is 0.211. The van der Waals surface area contributed by atoms with Crippen molar-refractivity contribution in [3.05, 3.63) is 0 Å². The fraction of sp³-hybridized carbons (Fsp3) is 0.667. The van der Waals surface area contributed by atoms with Crippen LogP contribution in [0.25, 0.3) is 0 Å². The van der Waals surface area contributed by atoms with Crippen LogP contribution in [-0.4, -0.2) is 24.3 Å². The minimum Gasteiger partial charge on any atom is -0.352 e. The van der Waals surface area contributed by atoms with Gasteiger partial charge in [0, 0.05) is 12.5 Å². The van der Waals surface area contributed by atoms with Gasteiger partial charge < -0.3 is 21.7 Å². The molecule has 0 bridgehead atoms. The van der Waals surface area contributed by atoms with Crippen LogP contribution in [0.5, 0.6) is 0 Å². The molecule has 2 unspecified atom stereocenters. The highest BCUT2D eigenvalue weighted by Gasteiger charge is 2.22. The molecule has 1 heterocycles. The molecule has 1 aliphatic heterocycles. The molecular weight excluding hydrogens is 160 g/mol. The first-order valence-electron chi connectivity index (χ1n) is 3.71. The van der Waals surface area contributed by atoms with Crippen molar-refractivity contribution in [2.24, 2.45) is 5.73 Å². The van der Waals surface area contributed by atoms with E-state index in [0.717, 1.165) is 0 Å². The summed E-state index contributed by atoms with van der Waals surface area (Å²) in [4.78, 5) is 21.3. The van der Waals surface area contributed by atoms with Crippen molar-refractivity contribution in [3.8, 4) is 0 Å². The highest BCUT2D eigenvalue weighted by molar-refractivity contribution is 5.77. The van der Waals surface area contributed by atoms with Crippen LogP contribution in [-0.2, 0) is 0 Å². The molecule has 0 spiro atoms. The third-order valence-electron chi connectivity index (χ3n) is 1.59. The van der Waals surface area contributed by atoms with Crippen molar-refractivity contribution in [1.82, 2.24) is 16.0 Å². The maximum atomic E-state index is 10.9. The van der Waals surface area contributed by atoms with Crippen molar-refractivity contribution in [3.63, 3.8) is 0 Å². The molecule has 0 aromatic rings. The molecule has 2 atom stereocenters. The van der Waals surface area contributed by atoms with Crippen LogP contribution in [0.15, 0.2) is 0 Å². The first-order chi connectivity index (χ1) is 5.58. The topological polar surface area (TPSA) is 96.2 Å². The number of carbonyl (C=O) groups excluding carboxylic acids is 2. The SMILES string of the molecule is CC1CC(NC(N)=O)NC(=O)N1. The summed E-state index contributed by atoms with van der Waals surface area (Å²) >= 11 is 0. The number of primary amides is 1. The van der Waals surface area contributed by atoms with Crippen molar-refractivity contribution < 1.29 is 9.59 Å². The Kier molecular flexibility index (Phi) is 2.37. The molecule has 1 aliphatic rings. The normalized spacial score (nSPS) is 28.6. The average Bonchev–Trinajstić information content (AvgIpc) is 1.81. The highest BCUT2D eigenvalue weighted by atomic mass is 16.2. The molecule has 1 rings (SSSR count). The maximum absolute atomic E-state index is 10.9. The van der Waals surface area contributed by atoms with Gasteiger partial charge in [-0.15, -0.1) is 0 Å². The van der Waals surface area contributed by atoms with Gasteiger partial charge in [0.25, 0.3) is 0 Å². The van der Waals surface area contributed by atoms with Gasteiger partial charge in [0.05, 0.1) is 0 Å². The highest BCUT2D eigenvalue weighted by Crippen LogP contribution is 2.00. The van der Waals surface area contributed by atoms with E-state index in [2.05, 4.69) is 16.0 Å². The van der Waals surface area contributed by atoms with Gasteiger partial charge in [-0.2, -0.15) is 0 Å². The van der Waals surface area contributed by atoms with Crippen molar-refractivity contribution in [2.75, 3.05) is 0 Å². The van der Waals surface area contributed by atoms with E-state index in [1.54, 1.807) is 0 Å². The second-order valence-corrected chi connectivity index (χ2v) is 2.82. The number of hydrogen-bond donors (Lipinski definition) is 4. The summed E-state index contributed by atoms with van der Waals surface area (Å²) in [5, 5.41) is 7.57. The molecular formula is C6H12N4O2. The summed E-state index contributed by atoms with van der Waals surface area (Å²) in [5.41, 5.74) is 4.89. The Balaban J connectivity index is 2.44. The smallest absolute Gasteiger partial charge is 0.316 e. The average molecular weight is 172 g/mol. The fourth-order valence-corrected chi connectivity index (χ4v) is 1.16. The monoisotopic (exact) mass is 172 g/mol. The van der Waals surface area contributed by atoms with E-state index >= 15 is 0 Å². The number of urea groups is 2. The predicted molar refractivity (Wildman–Crippen MR) is 42.3 cm³/mol. The molecule has 0 aromatic carbocycles. The molecule has 5 N–H and O–H groups in total. The summed E-state index contributed by atoms with van der Waals surface area (Å²) in [6.07, 6.45) is 0.278. The summed E-state index contributed by atoms with van der Waals surface area (Å²) in [6, 6.07) is -0.863. The minimum atomic E-state index is -0.630. The minimum absolute atomic E-state index is 0.0515. The van der Waals surface area contributed by atoms with E-state index in [1.807, 2.05) is 6.92 Å². The van der Waals surface area contributed by atoms with E-state index < -0.39 is 6.03 Å². The Bertz CT molecular complexity index is 204. The predicted octanol–water partition coefficient (Wildman–Crippen LogP) is -0.928. The number of rotatable bonds is 1. The van der Waals surface area contributed by atoms with Gasteiger partial charge in [-0.1, -0.05) is 0 Å². The molecule has 68 valence electrons. The van der Waals surface area contributed by atoms with Gasteiger partial charge in [0.15, 0.2) is 0 Å². The van der Waals surface area contributed by atoms with Crippen molar-refractivity contribution in [1.29, 1.82) is 0 Å². The Morgan fingerprint density at radius 1 is 1.67 bits per heavy atom. The van der Waals surface area contributed by atoms with Gasteiger partial charge in [-0.3, -0.25) is 0 Å². The second-order valence-electron chi connectivity index (χ2n) is 2.82. The molecule has 0 radical (unpaired) electrons. The van der Waals surface area contributed by atoms with Crippen LogP contribution in [0.3, 0.4) is 0 Å². The molecule has 0 saturated carbocycles. The summed E-state index contributed by atoms with van der Waals surface area (Å²) < 4.78 is 0. The molecule has 12 heavy (non-hydrogen) atoms. The molecule has 0 aromatic heterocycles. The van der Waals surface area contributed by atoms with E-state index in [0.29, 0.717) is 6.42 Å². The molecule has 0 aliphatic carbocycles. The Labute approximate surface area is 69.9 Å². The van der Waals surface area contributed by atoms with E-state index in [4.69, 9.17) is 5.73 Å². The van der Waals surface area contributed by atoms with Gasteiger partial charge in [-0.05, 0) is 6.92 Å². The second kappa shape index (κ2) is 3.29. The van der Waals surface area contributed by atoms with E-state index in [-0.39, 0.29) is 18.2 Å². The maximum Gasteiger partial charge on any atom is 0.316 e. The van der Waals surface area contributed by atoms with Gasteiger partial charge >= 0.3 is 12.1 Å². The largest absolute Gasteiger partial charge is 0.352 e. The lowest BCUT2D eigenvalue weighted by Gasteiger charge is -2.28. The Morgan fingerprint density at radius 3 is 2.83 bits per heavy atom. The van der Waals surface area contributed by atoms with E-state index in [1.165, 1.54) is 0 Å². The van der Waals surface area contributed by atoms with Crippen LogP contribution in [0.2, 0.25) is 0 Å². The van der Waals surface area contributed by atoms with Gasteiger partial charge in [0.1, 0.15) is 6.17 Å². The number of nitrogens with two attached hydrogens (primary N) is 1. The zero-order valence-electron chi connectivity index (χ0n) is 6.76. The first-order valence-corrected chi connectivity index (χ1v) is 3.71. The molecule has 6 nitrogen and oxygen atoms in total. The lowest BCUT2D eigenvalue weighted by atomic mass is 10.1. The zero-order valence-corrected chi connectivity index (χ0v) is 6.76. The fourth-order valence-electron chi connectivity index (χ4n) is 1.16. The third kappa shape index (κ3) is 2.30. The van der Waals surface area contributed by atoms with Gasteiger partial charge in [0.2, 0.25) is 0 Å².